The second kappa shape index (κ2) is 3.29. The Labute approximate surface area is 90.4 Å². The molecule has 0 atom stereocenters. The molecule has 0 aliphatic rings. The van der Waals surface area contributed by atoms with Crippen molar-refractivity contribution < 1.29 is 9.31 Å². The second-order valence-corrected chi connectivity index (χ2v) is 4.35. The maximum Gasteiger partial charge on any atom is 0.322 e. The van der Waals surface area contributed by atoms with Crippen LogP contribution in [0.15, 0.2) is 22.0 Å². The van der Waals surface area contributed by atoms with Crippen molar-refractivity contribution in [1.82, 2.24) is 0 Å². The molecule has 0 aliphatic carbocycles. The zero-order valence-corrected chi connectivity index (χ0v) is 9.06. The highest BCUT2D eigenvalue weighted by Crippen LogP contribution is 2.37. The fourth-order valence-electron chi connectivity index (χ4n) is 1.20. The normalized spacial score (nSPS) is 10.7. The third-order valence-corrected chi connectivity index (χ3v) is 3.76. The average molecular weight is 276 g/mol. The van der Waals surface area contributed by atoms with E-state index in [4.69, 9.17) is 0 Å². The van der Waals surface area contributed by atoms with Crippen molar-refractivity contribution >= 4 is 43.0 Å². The number of hydrogen-bond donors (Lipinski definition) is 0. The van der Waals surface area contributed by atoms with E-state index in [0.717, 1.165) is 21.9 Å². The van der Waals surface area contributed by atoms with Crippen LogP contribution < -0.4 is 0 Å². The van der Waals surface area contributed by atoms with Gasteiger partial charge in [0.25, 0.3) is 0 Å². The first-order valence-corrected chi connectivity index (χ1v) is 5.28. The van der Waals surface area contributed by atoms with Crippen LogP contribution in [0.2, 0.25) is 0 Å². The highest BCUT2D eigenvalue weighted by atomic mass is 79.9. The predicted octanol–water partition coefficient (Wildman–Crippen LogP) is 3.71. The summed E-state index contributed by atoms with van der Waals surface area (Å²) in [6, 6.07) is 2.64. The quantitative estimate of drug-likeness (QED) is 0.588. The Morgan fingerprint density at radius 1 is 1.50 bits per heavy atom. The van der Waals surface area contributed by atoms with E-state index in [-0.39, 0.29) is 0 Å². The van der Waals surface area contributed by atoms with Crippen molar-refractivity contribution in [2.24, 2.45) is 0 Å². The first-order valence-electron chi connectivity index (χ1n) is 3.61. The number of nitro benzene ring substituents is 1. The molecule has 0 radical (unpaired) electrons. The van der Waals surface area contributed by atoms with Gasteiger partial charge < -0.3 is 0 Å². The van der Waals surface area contributed by atoms with Gasteiger partial charge in [0, 0.05) is 15.2 Å². The van der Waals surface area contributed by atoms with Crippen molar-refractivity contribution in [3.8, 4) is 0 Å². The van der Waals surface area contributed by atoms with Gasteiger partial charge in [0.1, 0.15) is 4.70 Å². The zero-order valence-electron chi connectivity index (χ0n) is 6.66. The van der Waals surface area contributed by atoms with Gasteiger partial charge in [-0.15, -0.1) is 11.3 Å². The summed E-state index contributed by atoms with van der Waals surface area (Å²) in [5.74, 6) is -0.795. The molecular formula is C8H3BrFNO2S. The largest absolute Gasteiger partial charge is 0.322 e. The van der Waals surface area contributed by atoms with Crippen LogP contribution in [0, 0.1) is 15.9 Å². The summed E-state index contributed by atoms with van der Waals surface area (Å²) in [4.78, 5) is 9.91. The maximum atomic E-state index is 13.1. The Hall–Kier alpha value is -1.01. The molecule has 0 fully saturated rings. The molecule has 1 aromatic heterocycles. The standard InChI is InChI=1S/C8H3BrFNO2S/c9-5-3-14-8-4(5)1-2-6(10)7(8)11(12)13/h1-3H. The Morgan fingerprint density at radius 2 is 2.21 bits per heavy atom. The summed E-state index contributed by atoms with van der Waals surface area (Å²) < 4.78 is 14.2. The number of thiophene rings is 1. The molecule has 72 valence electrons. The van der Waals surface area contributed by atoms with Crippen LogP contribution in [0.3, 0.4) is 0 Å². The number of halogens is 2. The van der Waals surface area contributed by atoms with Crippen LogP contribution in [0.25, 0.3) is 10.1 Å². The fraction of sp³-hybridized carbons (Fsp3) is 0. The SMILES string of the molecule is O=[N+]([O-])c1c(F)ccc2c(Br)csc12. The van der Waals surface area contributed by atoms with E-state index in [1.807, 2.05) is 0 Å². The van der Waals surface area contributed by atoms with Crippen molar-refractivity contribution in [3.05, 3.63) is 37.9 Å². The Balaban J connectivity index is 2.90. The van der Waals surface area contributed by atoms with E-state index in [1.165, 1.54) is 6.07 Å². The zero-order chi connectivity index (χ0) is 10.3. The summed E-state index contributed by atoms with van der Waals surface area (Å²) in [5.41, 5.74) is -0.446. The number of benzene rings is 1. The lowest BCUT2D eigenvalue weighted by Crippen LogP contribution is -1.91. The van der Waals surface area contributed by atoms with Crippen molar-refractivity contribution in [2.45, 2.75) is 0 Å². The molecule has 0 saturated carbocycles. The number of rotatable bonds is 1. The Bertz CT molecular complexity index is 525. The Kier molecular flexibility index (Phi) is 2.24. The third kappa shape index (κ3) is 1.31. The van der Waals surface area contributed by atoms with Crippen LogP contribution in [0.5, 0.6) is 0 Å². The molecule has 1 aromatic carbocycles. The second-order valence-electron chi connectivity index (χ2n) is 2.61. The van der Waals surface area contributed by atoms with Gasteiger partial charge in [-0.05, 0) is 28.1 Å². The highest BCUT2D eigenvalue weighted by molar-refractivity contribution is 9.10. The molecule has 6 heteroatoms. The first kappa shape index (κ1) is 9.54. The van der Waals surface area contributed by atoms with Crippen LogP contribution in [-0.4, -0.2) is 4.92 Å². The smallest absolute Gasteiger partial charge is 0.258 e. The van der Waals surface area contributed by atoms with E-state index in [1.54, 1.807) is 5.38 Å². The number of fused-ring (bicyclic) bond motifs is 1. The maximum absolute atomic E-state index is 13.1. The average Bonchev–Trinajstić information content (AvgIpc) is 2.47. The lowest BCUT2D eigenvalue weighted by molar-refractivity contribution is -0.385. The number of hydrogen-bond acceptors (Lipinski definition) is 3. The van der Waals surface area contributed by atoms with Crippen molar-refractivity contribution in [2.75, 3.05) is 0 Å². The van der Waals surface area contributed by atoms with Crippen LogP contribution in [-0.2, 0) is 0 Å². The van der Waals surface area contributed by atoms with Crippen molar-refractivity contribution in [3.63, 3.8) is 0 Å². The minimum Gasteiger partial charge on any atom is -0.258 e. The molecule has 0 unspecified atom stereocenters. The lowest BCUT2D eigenvalue weighted by atomic mass is 10.2. The van der Waals surface area contributed by atoms with Gasteiger partial charge in [0.2, 0.25) is 5.82 Å². The minimum absolute atomic E-state index is 0.363. The number of nitrogens with zero attached hydrogens (tertiary/aromatic N) is 1. The molecule has 2 aromatic rings. The van der Waals surface area contributed by atoms with E-state index in [0.29, 0.717) is 10.1 Å². The highest BCUT2D eigenvalue weighted by Gasteiger charge is 2.20. The van der Waals surface area contributed by atoms with E-state index >= 15 is 0 Å². The molecule has 2 rings (SSSR count). The fourth-order valence-corrected chi connectivity index (χ4v) is 2.88. The van der Waals surface area contributed by atoms with E-state index in [9.17, 15) is 14.5 Å². The van der Waals surface area contributed by atoms with Crippen LogP contribution in [0.1, 0.15) is 0 Å². The summed E-state index contributed by atoms with van der Waals surface area (Å²) in [6.07, 6.45) is 0. The summed E-state index contributed by atoms with van der Waals surface area (Å²) in [7, 11) is 0. The predicted molar refractivity (Wildman–Crippen MR) is 56.1 cm³/mol. The van der Waals surface area contributed by atoms with Gasteiger partial charge in [-0.3, -0.25) is 10.1 Å². The molecule has 0 saturated heterocycles. The topological polar surface area (TPSA) is 43.1 Å². The molecule has 14 heavy (non-hydrogen) atoms. The molecule has 0 spiro atoms. The minimum atomic E-state index is -0.795. The van der Waals surface area contributed by atoms with E-state index in [2.05, 4.69) is 15.9 Å². The van der Waals surface area contributed by atoms with Crippen molar-refractivity contribution in [1.29, 1.82) is 0 Å². The van der Waals surface area contributed by atoms with Gasteiger partial charge >= 0.3 is 5.69 Å². The molecule has 0 aliphatic heterocycles. The molecule has 0 N–H and O–H groups in total. The van der Waals surface area contributed by atoms with Gasteiger partial charge in [-0.25, -0.2) is 0 Å². The first-order chi connectivity index (χ1) is 6.61. The van der Waals surface area contributed by atoms with Gasteiger partial charge in [0.15, 0.2) is 0 Å². The number of nitro groups is 1. The summed E-state index contributed by atoms with van der Waals surface area (Å²) >= 11 is 4.39. The monoisotopic (exact) mass is 275 g/mol. The van der Waals surface area contributed by atoms with Gasteiger partial charge in [-0.2, -0.15) is 4.39 Å². The van der Waals surface area contributed by atoms with E-state index < -0.39 is 16.4 Å². The molecule has 0 amide bonds. The summed E-state index contributed by atoms with van der Waals surface area (Å²) in [5, 5.41) is 13.0. The molecular weight excluding hydrogens is 273 g/mol. The molecule has 1 heterocycles. The lowest BCUT2D eigenvalue weighted by Gasteiger charge is -1.95. The van der Waals surface area contributed by atoms with Gasteiger partial charge in [0.05, 0.1) is 4.92 Å². The molecule has 0 bridgehead atoms. The Morgan fingerprint density at radius 3 is 2.86 bits per heavy atom. The third-order valence-electron chi connectivity index (χ3n) is 1.80. The van der Waals surface area contributed by atoms with Crippen LogP contribution >= 0.6 is 27.3 Å². The van der Waals surface area contributed by atoms with Gasteiger partial charge in [-0.1, -0.05) is 0 Å². The molecule has 3 nitrogen and oxygen atoms in total. The summed E-state index contributed by atoms with van der Waals surface area (Å²) in [6.45, 7) is 0. The van der Waals surface area contributed by atoms with Crippen LogP contribution in [0.4, 0.5) is 10.1 Å².